The van der Waals surface area contributed by atoms with Crippen LogP contribution in [0.25, 0.3) is 0 Å². The lowest BCUT2D eigenvalue weighted by atomic mass is 9.44. The van der Waals surface area contributed by atoms with Crippen molar-refractivity contribution in [3.8, 4) is 0 Å². The molecule has 0 aromatic rings. The molecule has 0 unspecified atom stereocenters. The molecular weight excluding hydrogens is 646 g/mol. The first kappa shape index (κ1) is 37.1. The number of aliphatic hydroxyl groups is 4. The van der Waals surface area contributed by atoms with Crippen LogP contribution in [-0.4, -0.2) is 120 Å². The Morgan fingerprint density at radius 2 is 1.72 bits per heavy atom. The molecule has 0 aromatic carbocycles. The van der Waals surface area contributed by atoms with Gasteiger partial charge in [-0.15, -0.1) is 0 Å². The highest BCUT2D eigenvalue weighted by Gasteiger charge is 2.78. The fourth-order valence-electron chi connectivity index (χ4n) is 12.7. The van der Waals surface area contributed by atoms with Gasteiger partial charge in [0, 0.05) is 37.9 Å². The standard InChI is InChI=1S/C38H61NO11/c1-18-28(42)31(46-8)29(43)33(48-18)50-30-19(2)47-27(16-25(30)45-7)49-20(3)38(44)34-36(5,17-26(41)39-34)32-23-10-9-21-15-22(40)11-13-35(21,4)24(23)12-14-37(32,38)6/h9,18-20,22-25,27-34,40,42-44H,10-17H2,1-8H3,(H,39,41)/t18-,19-,20+,22-,23+,24-,25+,27+,28-,29-,30-,31+,32+,33+,34-,35-,36-,37-,38-/m0/s1. The van der Waals surface area contributed by atoms with Crippen LogP contribution in [-0.2, 0) is 33.2 Å². The second-order valence-corrected chi connectivity index (χ2v) is 17.5. The average molecular weight is 708 g/mol. The molecule has 3 aliphatic heterocycles. The lowest BCUT2D eigenvalue weighted by Gasteiger charge is -2.61. The van der Waals surface area contributed by atoms with Gasteiger partial charge >= 0.3 is 0 Å². The van der Waals surface area contributed by atoms with Crippen molar-refractivity contribution < 1.29 is 53.6 Å². The van der Waals surface area contributed by atoms with Gasteiger partial charge in [0.1, 0.15) is 30.0 Å². The summed E-state index contributed by atoms with van der Waals surface area (Å²) in [6, 6.07) is -0.482. The number of hydrogen-bond donors (Lipinski definition) is 5. The maximum Gasteiger partial charge on any atom is 0.220 e. The monoisotopic (exact) mass is 707 g/mol. The van der Waals surface area contributed by atoms with Crippen LogP contribution < -0.4 is 5.32 Å². The van der Waals surface area contributed by atoms with Gasteiger partial charge in [-0.3, -0.25) is 4.79 Å². The molecule has 5 N–H and O–H groups in total. The van der Waals surface area contributed by atoms with E-state index in [1.54, 1.807) is 14.0 Å². The quantitative estimate of drug-likeness (QED) is 0.247. The molecular formula is C38H61NO11. The molecule has 6 fully saturated rings. The summed E-state index contributed by atoms with van der Waals surface area (Å²) in [7, 11) is 3.02. The second-order valence-electron chi connectivity index (χ2n) is 17.5. The third kappa shape index (κ3) is 5.33. The van der Waals surface area contributed by atoms with E-state index in [1.807, 2.05) is 13.8 Å². The number of fused-ring (bicyclic) bond motifs is 7. The van der Waals surface area contributed by atoms with E-state index in [0.717, 1.165) is 38.5 Å². The van der Waals surface area contributed by atoms with Gasteiger partial charge in [-0.25, -0.2) is 0 Å². The molecule has 3 saturated carbocycles. The van der Waals surface area contributed by atoms with E-state index in [0.29, 0.717) is 24.7 Å². The van der Waals surface area contributed by atoms with Crippen molar-refractivity contribution in [3.05, 3.63) is 11.6 Å². The van der Waals surface area contributed by atoms with E-state index in [1.165, 1.54) is 12.7 Å². The number of amides is 1. The number of methoxy groups -OCH3 is 2. The summed E-state index contributed by atoms with van der Waals surface area (Å²) in [5, 5.41) is 48.3. The summed E-state index contributed by atoms with van der Waals surface area (Å²) < 4.78 is 36.5. The molecule has 0 aromatic heterocycles. The number of allylic oxidation sites excluding steroid dienone is 1. The first-order valence-electron chi connectivity index (χ1n) is 19.0. The van der Waals surface area contributed by atoms with Crippen LogP contribution in [0.5, 0.6) is 0 Å². The molecule has 12 nitrogen and oxygen atoms in total. The van der Waals surface area contributed by atoms with Crippen LogP contribution in [0.1, 0.15) is 92.9 Å². The molecule has 0 spiro atoms. The van der Waals surface area contributed by atoms with Crippen molar-refractivity contribution in [2.75, 3.05) is 14.2 Å². The zero-order valence-electron chi connectivity index (χ0n) is 31.0. The van der Waals surface area contributed by atoms with Crippen LogP contribution in [0.15, 0.2) is 11.6 Å². The molecule has 3 heterocycles. The molecule has 3 saturated heterocycles. The predicted octanol–water partition coefficient (Wildman–Crippen LogP) is 2.58. The minimum Gasteiger partial charge on any atom is -0.393 e. The smallest absolute Gasteiger partial charge is 0.220 e. The summed E-state index contributed by atoms with van der Waals surface area (Å²) >= 11 is 0. The van der Waals surface area contributed by atoms with Crippen LogP contribution in [0, 0.1) is 34.0 Å². The van der Waals surface area contributed by atoms with Crippen molar-refractivity contribution in [2.24, 2.45) is 34.0 Å². The van der Waals surface area contributed by atoms with E-state index in [9.17, 15) is 25.2 Å². The molecule has 0 radical (unpaired) electrons. The highest BCUT2D eigenvalue weighted by atomic mass is 16.7. The normalized spacial score (nSPS) is 55.3. The van der Waals surface area contributed by atoms with Crippen molar-refractivity contribution in [2.45, 2.75) is 172 Å². The number of carbonyl (C=O) groups excluding carboxylic acids is 1. The molecule has 4 aliphatic carbocycles. The van der Waals surface area contributed by atoms with E-state index in [4.69, 9.17) is 28.4 Å². The number of nitrogens with one attached hydrogen (secondary N) is 1. The molecule has 1 amide bonds. The summed E-state index contributed by atoms with van der Waals surface area (Å²) in [6.45, 7) is 12.3. The van der Waals surface area contributed by atoms with Gasteiger partial charge in [0.25, 0.3) is 0 Å². The zero-order valence-corrected chi connectivity index (χ0v) is 31.0. The maximum atomic E-state index is 13.2. The van der Waals surface area contributed by atoms with Gasteiger partial charge in [-0.05, 0) is 82.5 Å². The summed E-state index contributed by atoms with van der Waals surface area (Å²) in [6.07, 6.45) is 0.152. The average Bonchev–Trinajstić information content (AvgIpc) is 3.45. The fourth-order valence-corrected chi connectivity index (χ4v) is 12.7. The Morgan fingerprint density at radius 1 is 0.980 bits per heavy atom. The number of aliphatic hydroxyl groups excluding tert-OH is 3. The highest BCUT2D eigenvalue weighted by molar-refractivity contribution is 5.81. The van der Waals surface area contributed by atoms with E-state index < -0.39 is 83.9 Å². The summed E-state index contributed by atoms with van der Waals surface area (Å²) in [5.74, 6) is 0.793. The molecule has 7 aliphatic rings. The van der Waals surface area contributed by atoms with Crippen LogP contribution in [0.4, 0.5) is 0 Å². The van der Waals surface area contributed by atoms with Gasteiger partial charge in [0.15, 0.2) is 12.6 Å². The maximum absolute atomic E-state index is 13.2. The zero-order chi connectivity index (χ0) is 36.1. The molecule has 19 atom stereocenters. The van der Waals surface area contributed by atoms with E-state index >= 15 is 0 Å². The second kappa shape index (κ2) is 13.0. The van der Waals surface area contributed by atoms with E-state index in [-0.39, 0.29) is 23.3 Å². The Hall–Kier alpha value is -1.19. The van der Waals surface area contributed by atoms with Gasteiger partial charge in [0.2, 0.25) is 5.91 Å². The van der Waals surface area contributed by atoms with Crippen molar-refractivity contribution >= 4 is 5.91 Å². The molecule has 7 rings (SSSR count). The van der Waals surface area contributed by atoms with Crippen LogP contribution in [0.2, 0.25) is 0 Å². The number of ether oxygens (including phenoxy) is 6. The molecule has 12 heteroatoms. The third-order valence-electron chi connectivity index (χ3n) is 15.1. The van der Waals surface area contributed by atoms with Gasteiger partial charge in [-0.2, -0.15) is 0 Å². The minimum absolute atomic E-state index is 0.0229. The van der Waals surface area contributed by atoms with Gasteiger partial charge < -0.3 is 54.2 Å². The van der Waals surface area contributed by atoms with Crippen molar-refractivity contribution in [1.82, 2.24) is 5.32 Å². The molecule has 0 bridgehead atoms. The Balaban J connectivity index is 1.11. The number of hydrogen-bond acceptors (Lipinski definition) is 11. The Kier molecular flexibility index (Phi) is 9.65. The summed E-state index contributed by atoms with van der Waals surface area (Å²) in [4.78, 5) is 13.2. The largest absolute Gasteiger partial charge is 0.393 e. The Morgan fingerprint density at radius 3 is 2.42 bits per heavy atom. The van der Waals surface area contributed by atoms with Crippen LogP contribution in [0.3, 0.4) is 0 Å². The SMILES string of the molecule is CO[C@H]1[C@H](O)[C@@H](O[C@H]2[C@H](C)O[C@H](O[C@H](C)[C@]3(O)[C@H]4NC(=O)C[C@@]4(C)[C@H]4[C@@H]5CC=C6C[C@@H](O)CC[C@]6(C)[C@H]5CC[C@@]43C)C[C@H]2OC)O[C@@H](C)[C@@H]1O. The highest BCUT2D eigenvalue weighted by Crippen LogP contribution is 2.74. The number of rotatable bonds is 7. The predicted molar refractivity (Wildman–Crippen MR) is 180 cm³/mol. The first-order chi connectivity index (χ1) is 23.5. The lowest BCUT2D eigenvalue weighted by molar-refractivity contribution is -0.346. The Labute approximate surface area is 296 Å². The molecule has 50 heavy (non-hydrogen) atoms. The minimum atomic E-state index is -1.37. The third-order valence-corrected chi connectivity index (χ3v) is 15.1. The van der Waals surface area contributed by atoms with Crippen LogP contribution >= 0.6 is 0 Å². The number of carbonyl (C=O) groups is 1. The fraction of sp³-hybridized carbons (Fsp3) is 0.921. The van der Waals surface area contributed by atoms with E-state index in [2.05, 4.69) is 32.2 Å². The van der Waals surface area contributed by atoms with Gasteiger partial charge in [-0.1, -0.05) is 32.4 Å². The first-order valence-corrected chi connectivity index (χ1v) is 19.0. The van der Waals surface area contributed by atoms with Gasteiger partial charge in [0.05, 0.1) is 36.6 Å². The molecule has 284 valence electrons. The van der Waals surface area contributed by atoms with Crippen molar-refractivity contribution in [1.29, 1.82) is 0 Å². The summed E-state index contributed by atoms with van der Waals surface area (Å²) in [5.41, 5.74) is -0.947. The lowest BCUT2D eigenvalue weighted by Crippen LogP contribution is -2.65. The van der Waals surface area contributed by atoms with Crippen molar-refractivity contribution in [3.63, 3.8) is 0 Å². The Bertz CT molecular complexity index is 1330. The topological polar surface area (TPSA) is 165 Å².